The molecule has 4 N–H and O–H groups in total. The minimum Gasteiger partial charge on any atom is -0.394 e. The molecule has 0 unspecified atom stereocenters. The Morgan fingerprint density at radius 1 is 1.47 bits per heavy atom. The van der Waals surface area contributed by atoms with E-state index in [1.165, 1.54) is 6.34 Å². The van der Waals surface area contributed by atoms with Crippen molar-refractivity contribution in [1.82, 2.24) is 9.55 Å². The number of nitrogens with one attached hydrogen (secondary N) is 1. The van der Waals surface area contributed by atoms with E-state index >= 15 is 0 Å². The predicted molar refractivity (Wildman–Crippen MR) is 65.8 cm³/mol. The summed E-state index contributed by atoms with van der Waals surface area (Å²) in [5.74, 6) is 0.601. The molecule has 1 fully saturated rings. The van der Waals surface area contributed by atoms with Gasteiger partial charge in [-0.2, -0.15) is 0 Å². The summed E-state index contributed by atoms with van der Waals surface area (Å²) < 4.78 is 7.27. The largest absolute Gasteiger partial charge is 0.394 e. The van der Waals surface area contributed by atoms with E-state index in [1.54, 1.807) is 10.9 Å². The number of rotatable bonds is 2. The molecule has 3 rings (SSSR count). The molecular formula is C11H16N4O4. The molecule has 19 heavy (non-hydrogen) atoms. The van der Waals surface area contributed by atoms with Crippen LogP contribution in [0.2, 0.25) is 0 Å². The molecule has 0 aromatic carbocycles. The molecule has 0 amide bonds. The van der Waals surface area contributed by atoms with Crippen molar-refractivity contribution >= 4 is 12.2 Å². The highest BCUT2D eigenvalue weighted by Crippen LogP contribution is 2.34. The summed E-state index contributed by atoms with van der Waals surface area (Å²) >= 11 is 0. The maximum Gasteiger partial charge on any atom is 0.139 e. The molecule has 0 saturated carbocycles. The van der Waals surface area contributed by atoms with Crippen LogP contribution in [0, 0.1) is 0 Å². The van der Waals surface area contributed by atoms with Gasteiger partial charge in [0.2, 0.25) is 0 Å². The second-order valence-electron chi connectivity index (χ2n) is 4.65. The van der Waals surface area contributed by atoms with Crippen molar-refractivity contribution in [3.8, 4) is 0 Å². The summed E-state index contributed by atoms with van der Waals surface area (Å²) in [6.45, 7) is 0.0243. The molecule has 0 spiro atoms. The highest BCUT2D eigenvalue weighted by atomic mass is 16.5. The van der Waals surface area contributed by atoms with Crippen molar-refractivity contribution in [2.75, 3.05) is 18.5 Å². The standard InChI is InChI=1S/C11H16N4O4/c16-3-8-6(17)1-9(19-8)15-5-14-10-7(18)2-12-4-13-11(10)15/h4-9,16-18H,1-3H2,(H,12,13)/t6-,7-,8-,9-/m1/s1. The van der Waals surface area contributed by atoms with E-state index in [1.807, 2.05) is 0 Å². The normalized spacial score (nSPS) is 33.8. The van der Waals surface area contributed by atoms with Crippen LogP contribution in [0.4, 0.5) is 5.82 Å². The van der Waals surface area contributed by atoms with E-state index in [0.29, 0.717) is 17.9 Å². The first-order valence-electron chi connectivity index (χ1n) is 6.14. The smallest absolute Gasteiger partial charge is 0.139 e. The predicted octanol–water partition coefficient (Wildman–Crippen LogP) is -0.989. The fourth-order valence-corrected chi connectivity index (χ4v) is 2.38. The first-order valence-corrected chi connectivity index (χ1v) is 6.14. The quantitative estimate of drug-likeness (QED) is 0.548. The first kappa shape index (κ1) is 12.5. The molecule has 2 aliphatic heterocycles. The number of fused-ring (bicyclic) bond motifs is 1. The van der Waals surface area contributed by atoms with E-state index in [2.05, 4.69) is 15.3 Å². The van der Waals surface area contributed by atoms with Gasteiger partial charge in [0, 0.05) is 6.42 Å². The second kappa shape index (κ2) is 4.89. The van der Waals surface area contributed by atoms with Crippen LogP contribution in [0.1, 0.15) is 24.4 Å². The van der Waals surface area contributed by atoms with Crippen molar-refractivity contribution < 1.29 is 20.1 Å². The Kier molecular flexibility index (Phi) is 3.23. The lowest BCUT2D eigenvalue weighted by Gasteiger charge is -2.16. The third-order valence-electron chi connectivity index (χ3n) is 3.40. The van der Waals surface area contributed by atoms with Gasteiger partial charge < -0.3 is 25.4 Å². The molecular weight excluding hydrogens is 252 g/mol. The Morgan fingerprint density at radius 3 is 3.05 bits per heavy atom. The Bertz CT molecular complexity index is 489. The van der Waals surface area contributed by atoms with Crippen LogP contribution in [-0.2, 0) is 4.74 Å². The lowest BCUT2D eigenvalue weighted by atomic mass is 10.2. The zero-order valence-electron chi connectivity index (χ0n) is 10.2. The van der Waals surface area contributed by atoms with Gasteiger partial charge in [0.15, 0.2) is 0 Å². The number of aliphatic hydroxyl groups is 3. The molecule has 0 radical (unpaired) electrons. The number of hydrogen-bond donors (Lipinski definition) is 4. The minimum atomic E-state index is -0.762. The lowest BCUT2D eigenvalue weighted by Crippen LogP contribution is -2.24. The fraction of sp³-hybridized carbons (Fsp3) is 0.636. The van der Waals surface area contributed by atoms with Gasteiger partial charge in [-0.15, -0.1) is 0 Å². The van der Waals surface area contributed by atoms with Gasteiger partial charge in [0.05, 0.1) is 31.9 Å². The van der Waals surface area contributed by atoms with Crippen molar-refractivity contribution in [3.63, 3.8) is 0 Å². The van der Waals surface area contributed by atoms with Crippen LogP contribution < -0.4 is 5.32 Å². The highest BCUT2D eigenvalue weighted by Gasteiger charge is 2.36. The van der Waals surface area contributed by atoms with Crippen LogP contribution >= 0.6 is 0 Å². The molecule has 1 saturated heterocycles. The summed E-state index contributed by atoms with van der Waals surface area (Å²) in [7, 11) is 0. The SMILES string of the molecule is OC[C@H]1O[C@@H](n2cnc3c2NC=NC[C@H]3O)C[C@H]1O. The number of aromatic nitrogens is 2. The van der Waals surface area contributed by atoms with Gasteiger partial charge in [0.25, 0.3) is 0 Å². The van der Waals surface area contributed by atoms with Gasteiger partial charge in [-0.05, 0) is 0 Å². The Labute approximate surface area is 109 Å². The number of aliphatic imine (C=N–C) groups is 1. The Morgan fingerprint density at radius 2 is 2.32 bits per heavy atom. The summed E-state index contributed by atoms with van der Waals surface area (Å²) in [6, 6.07) is 0. The fourth-order valence-electron chi connectivity index (χ4n) is 2.38. The lowest BCUT2D eigenvalue weighted by molar-refractivity contribution is -0.0437. The van der Waals surface area contributed by atoms with E-state index in [4.69, 9.17) is 9.84 Å². The molecule has 104 valence electrons. The van der Waals surface area contributed by atoms with Crippen LogP contribution in [0.5, 0.6) is 0 Å². The molecule has 8 nitrogen and oxygen atoms in total. The second-order valence-corrected chi connectivity index (χ2v) is 4.65. The van der Waals surface area contributed by atoms with Crippen molar-refractivity contribution in [2.45, 2.75) is 31.0 Å². The molecule has 1 aromatic rings. The average Bonchev–Trinajstić information content (AvgIpc) is 2.93. The molecule has 3 heterocycles. The topological polar surface area (TPSA) is 112 Å². The molecule has 2 aliphatic rings. The zero-order chi connectivity index (χ0) is 13.4. The van der Waals surface area contributed by atoms with Crippen LogP contribution in [0.3, 0.4) is 0 Å². The summed E-state index contributed by atoms with van der Waals surface area (Å²) in [4.78, 5) is 8.15. The maximum absolute atomic E-state index is 9.89. The number of hydrogen-bond acceptors (Lipinski definition) is 7. The average molecular weight is 268 g/mol. The van der Waals surface area contributed by atoms with Crippen LogP contribution in [0.15, 0.2) is 11.3 Å². The van der Waals surface area contributed by atoms with Gasteiger partial charge in [-0.1, -0.05) is 0 Å². The third kappa shape index (κ3) is 2.12. The zero-order valence-corrected chi connectivity index (χ0v) is 10.2. The van der Waals surface area contributed by atoms with Gasteiger partial charge >= 0.3 is 0 Å². The molecule has 8 heteroatoms. The first-order chi connectivity index (χ1) is 9.20. The van der Waals surface area contributed by atoms with Gasteiger partial charge in [-0.25, -0.2) is 4.98 Å². The van der Waals surface area contributed by atoms with E-state index < -0.39 is 24.5 Å². The molecule has 4 atom stereocenters. The van der Waals surface area contributed by atoms with Crippen molar-refractivity contribution in [1.29, 1.82) is 0 Å². The molecule has 0 bridgehead atoms. The number of anilines is 1. The number of nitrogens with zero attached hydrogens (tertiary/aromatic N) is 3. The minimum absolute atomic E-state index is 0.230. The summed E-state index contributed by atoms with van der Waals surface area (Å²) in [5, 5.41) is 31.7. The monoisotopic (exact) mass is 268 g/mol. The highest BCUT2D eigenvalue weighted by molar-refractivity contribution is 5.76. The van der Waals surface area contributed by atoms with Crippen molar-refractivity contribution in [2.24, 2.45) is 4.99 Å². The third-order valence-corrected chi connectivity index (χ3v) is 3.40. The van der Waals surface area contributed by atoms with E-state index in [-0.39, 0.29) is 13.2 Å². The van der Waals surface area contributed by atoms with E-state index in [9.17, 15) is 10.2 Å². The Hall–Kier alpha value is -1.48. The molecule has 1 aromatic heterocycles. The van der Waals surface area contributed by atoms with Crippen LogP contribution in [0.25, 0.3) is 0 Å². The Balaban J connectivity index is 1.89. The number of imidazole rings is 1. The van der Waals surface area contributed by atoms with E-state index in [0.717, 1.165) is 0 Å². The van der Waals surface area contributed by atoms with Gasteiger partial charge in [0.1, 0.15) is 29.9 Å². The summed E-state index contributed by atoms with van der Waals surface area (Å²) in [5.41, 5.74) is 0.503. The number of ether oxygens (including phenoxy) is 1. The maximum atomic E-state index is 9.89. The van der Waals surface area contributed by atoms with Gasteiger partial charge in [-0.3, -0.25) is 9.56 Å². The van der Waals surface area contributed by atoms with Crippen molar-refractivity contribution in [3.05, 3.63) is 12.0 Å². The summed E-state index contributed by atoms with van der Waals surface area (Å²) in [6.07, 6.45) is 0.935. The van der Waals surface area contributed by atoms with Crippen LogP contribution in [-0.4, -0.2) is 56.6 Å². The molecule has 0 aliphatic carbocycles. The number of aliphatic hydroxyl groups excluding tert-OH is 3.